The lowest BCUT2D eigenvalue weighted by molar-refractivity contribution is -0.343. The topological polar surface area (TPSA) is 80.9 Å². The van der Waals surface area contributed by atoms with Crippen LogP contribution in [0.25, 0.3) is 0 Å². The summed E-state index contributed by atoms with van der Waals surface area (Å²) in [6.07, 6.45) is -2.41. The molecule has 3 saturated carbocycles. The van der Waals surface area contributed by atoms with Crippen LogP contribution in [0.1, 0.15) is 105 Å². The van der Waals surface area contributed by atoms with E-state index in [-0.39, 0.29) is 23.7 Å². The van der Waals surface area contributed by atoms with Crippen molar-refractivity contribution in [3.8, 4) is 11.8 Å². The zero-order chi connectivity index (χ0) is 31.8. The fraction of sp³-hybridized carbons (Fsp3) is 0.812. The molecule has 4 N–H and O–H groups in total. The second-order valence-electron chi connectivity index (χ2n) is 14.1. The Hall–Kier alpha value is -1.54. The Kier molecular flexibility index (Phi) is 10.4. The molecule has 42 heavy (non-hydrogen) atoms. The van der Waals surface area contributed by atoms with E-state index in [4.69, 9.17) is 0 Å². The van der Waals surface area contributed by atoms with Crippen LogP contribution < -0.4 is 0 Å². The van der Waals surface area contributed by atoms with E-state index < -0.39 is 41.2 Å². The van der Waals surface area contributed by atoms with Crippen molar-refractivity contribution in [2.75, 3.05) is 0 Å². The molecule has 0 radical (unpaired) electrons. The van der Waals surface area contributed by atoms with Crippen molar-refractivity contribution in [1.82, 2.24) is 0 Å². The maximum absolute atomic E-state index is 13.3. The van der Waals surface area contributed by atoms with Gasteiger partial charge in [0.25, 0.3) is 0 Å². The van der Waals surface area contributed by atoms with Gasteiger partial charge in [-0.2, -0.15) is 26.3 Å². The predicted molar refractivity (Wildman–Crippen MR) is 148 cm³/mol. The van der Waals surface area contributed by atoms with Crippen LogP contribution in [-0.2, 0) is 0 Å². The number of hydrogen-bond acceptors (Lipinski definition) is 4. The van der Waals surface area contributed by atoms with Crippen molar-refractivity contribution in [2.24, 2.45) is 22.7 Å². The van der Waals surface area contributed by atoms with Crippen molar-refractivity contribution in [1.29, 1.82) is 0 Å². The van der Waals surface area contributed by atoms with E-state index in [1.165, 1.54) is 11.5 Å². The molecule has 2 unspecified atom stereocenters. The zero-order valence-electron chi connectivity index (χ0n) is 25.0. The van der Waals surface area contributed by atoms with E-state index >= 15 is 0 Å². The average molecular weight is 609 g/mol. The number of halogens is 6. The summed E-state index contributed by atoms with van der Waals surface area (Å²) in [6, 6.07) is 0. The molecule has 0 heterocycles. The molecule has 0 spiro atoms. The first kappa shape index (κ1) is 34.9. The number of hydrogen-bond donors (Lipinski definition) is 4. The molecule has 3 fully saturated rings. The lowest BCUT2D eigenvalue weighted by atomic mass is 9.55. The second-order valence-corrected chi connectivity index (χ2v) is 14.1. The molecule has 0 amide bonds. The van der Waals surface area contributed by atoms with E-state index in [0.717, 1.165) is 37.7 Å². The van der Waals surface area contributed by atoms with E-state index in [0.29, 0.717) is 38.5 Å². The molecule has 0 bridgehead atoms. The number of alkyl halides is 6. The van der Waals surface area contributed by atoms with Gasteiger partial charge in [-0.1, -0.05) is 49.5 Å². The van der Waals surface area contributed by atoms with Crippen LogP contribution in [0.2, 0.25) is 0 Å². The summed E-state index contributed by atoms with van der Waals surface area (Å²) >= 11 is 0. The normalized spacial score (nSPS) is 32.8. The molecule has 3 rings (SSSR count). The van der Waals surface area contributed by atoms with Gasteiger partial charge in [-0.3, -0.25) is 0 Å². The highest BCUT2D eigenvalue weighted by molar-refractivity contribution is 5.27. The fourth-order valence-electron chi connectivity index (χ4n) is 7.90. The molecule has 240 valence electrons. The summed E-state index contributed by atoms with van der Waals surface area (Å²) in [7, 11) is 0. The van der Waals surface area contributed by atoms with Gasteiger partial charge in [0.2, 0.25) is 0 Å². The van der Waals surface area contributed by atoms with Gasteiger partial charge >= 0.3 is 18.0 Å². The van der Waals surface area contributed by atoms with Crippen molar-refractivity contribution in [2.45, 2.75) is 141 Å². The van der Waals surface area contributed by atoms with Crippen molar-refractivity contribution in [3.05, 3.63) is 23.3 Å². The second kappa shape index (κ2) is 12.5. The number of aliphatic hydroxyl groups is 4. The minimum atomic E-state index is -6.00. The van der Waals surface area contributed by atoms with Gasteiger partial charge in [-0.25, -0.2) is 0 Å². The van der Waals surface area contributed by atoms with Crippen LogP contribution in [-0.4, -0.2) is 56.2 Å². The van der Waals surface area contributed by atoms with Crippen molar-refractivity contribution >= 4 is 0 Å². The summed E-state index contributed by atoms with van der Waals surface area (Å²) in [5.41, 5.74) is -4.88. The maximum Gasteiger partial charge on any atom is 0.438 e. The van der Waals surface area contributed by atoms with Gasteiger partial charge in [0.15, 0.2) is 0 Å². The quantitative estimate of drug-likeness (QED) is 0.183. The van der Waals surface area contributed by atoms with E-state index in [1.54, 1.807) is 13.8 Å². The minimum Gasteiger partial charge on any atom is -0.393 e. The fourth-order valence-corrected chi connectivity index (χ4v) is 7.90. The number of fused-ring (bicyclic) bond motifs is 1. The Labute approximate surface area is 245 Å². The standard InChI is InChI=1S/C32H46F6O4/c1-27(2,41)13-6-14-28(3,15-7-17-30(42,31(33,34)35)32(36,37)38)26-12-11-25-22(8-5-16-29(25,26)4)10-9-21-18-23(39)20-24(40)19-21/h9-10,23-26,39-42H,5-6,8,11-16,18-20H2,1-4H3/t23-,24?,25?,26-,28+,29+/m1/s1. The lowest BCUT2D eigenvalue weighted by Gasteiger charge is -2.49. The Morgan fingerprint density at radius 2 is 1.50 bits per heavy atom. The first-order valence-corrected chi connectivity index (χ1v) is 14.9. The van der Waals surface area contributed by atoms with E-state index in [1.807, 2.05) is 13.0 Å². The first-order valence-electron chi connectivity index (χ1n) is 14.9. The Morgan fingerprint density at radius 1 is 0.905 bits per heavy atom. The van der Waals surface area contributed by atoms with E-state index in [9.17, 15) is 46.8 Å². The van der Waals surface area contributed by atoms with Crippen molar-refractivity contribution in [3.63, 3.8) is 0 Å². The summed E-state index contributed by atoms with van der Waals surface area (Å²) in [5, 5.41) is 39.9. The molecule has 0 saturated heterocycles. The van der Waals surface area contributed by atoms with Crippen molar-refractivity contribution < 1.29 is 46.8 Å². The van der Waals surface area contributed by atoms with Gasteiger partial charge in [0.05, 0.1) is 17.8 Å². The summed E-state index contributed by atoms with van der Waals surface area (Å²) < 4.78 is 79.7. The Bertz CT molecular complexity index is 1050. The van der Waals surface area contributed by atoms with Crippen LogP contribution in [0, 0.1) is 34.5 Å². The third kappa shape index (κ3) is 7.75. The summed E-state index contributed by atoms with van der Waals surface area (Å²) in [5.74, 6) is 3.42. The van der Waals surface area contributed by atoms with Crippen LogP contribution >= 0.6 is 0 Å². The highest BCUT2D eigenvalue weighted by Crippen LogP contribution is 2.63. The Morgan fingerprint density at radius 3 is 2.05 bits per heavy atom. The molecule has 0 aliphatic heterocycles. The van der Waals surface area contributed by atoms with Gasteiger partial charge in [0, 0.05) is 6.42 Å². The van der Waals surface area contributed by atoms with E-state index in [2.05, 4.69) is 18.9 Å². The molecule has 0 aromatic heterocycles. The maximum atomic E-state index is 13.3. The molecule has 6 atom stereocenters. The molecular weight excluding hydrogens is 562 g/mol. The lowest BCUT2D eigenvalue weighted by Crippen LogP contribution is -2.55. The average Bonchev–Trinajstić information content (AvgIpc) is 3.18. The summed E-state index contributed by atoms with van der Waals surface area (Å²) in [4.78, 5) is 0. The number of aliphatic hydroxyl groups excluding tert-OH is 2. The highest BCUT2D eigenvalue weighted by atomic mass is 19.4. The Balaban J connectivity index is 1.93. The molecule has 0 aromatic carbocycles. The largest absolute Gasteiger partial charge is 0.438 e. The number of rotatable bonds is 7. The van der Waals surface area contributed by atoms with Crippen LogP contribution in [0.15, 0.2) is 23.3 Å². The SMILES string of the molecule is CC(C)(O)CCC[C@@](C)(CC#CC(O)(C(F)(F)F)C(F)(F)F)[C@H]1CCC2C(=CC=C3CC(O)C[C@H](O)C3)CCC[C@@]21C. The zero-order valence-corrected chi connectivity index (χ0v) is 25.0. The molecule has 3 aliphatic rings. The first-order chi connectivity index (χ1) is 19.1. The van der Waals surface area contributed by atoms with Gasteiger partial charge < -0.3 is 20.4 Å². The molecule has 3 aliphatic carbocycles. The molecular formula is C32H46F6O4. The predicted octanol–water partition coefficient (Wildman–Crippen LogP) is 7.16. The molecule has 4 nitrogen and oxygen atoms in total. The number of allylic oxidation sites excluding steroid dienone is 3. The van der Waals surface area contributed by atoms with Gasteiger partial charge in [0.1, 0.15) is 0 Å². The van der Waals surface area contributed by atoms with Crippen LogP contribution in [0.4, 0.5) is 26.3 Å². The summed E-state index contributed by atoms with van der Waals surface area (Å²) in [6.45, 7) is 7.34. The molecule has 0 aromatic rings. The monoisotopic (exact) mass is 608 g/mol. The minimum absolute atomic E-state index is 0.0503. The molecule has 10 heteroatoms. The third-order valence-electron chi connectivity index (χ3n) is 10.00. The van der Waals surface area contributed by atoms with Crippen LogP contribution in [0.3, 0.4) is 0 Å². The smallest absolute Gasteiger partial charge is 0.393 e. The van der Waals surface area contributed by atoms with Gasteiger partial charge in [-0.15, -0.1) is 0 Å². The van der Waals surface area contributed by atoms with Gasteiger partial charge in [-0.05, 0) is 107 Å². The highest BCUT2D eigenvalue weighted by Gasteiger charge is 2.70. The van der Waals surface area contributed by atoms with Crippen LogP contribution in [0.5, 0.6) is 0 Å². The third-order valence-corrected chi connectivity index (χ3v) is 10.00.